The number of para-hydroxylation sites is 1. The van der Waals surface area contributed by atoms with Crippen molar-refractivity contribution in [2.45, 2.75) is 91.3 Å². The van der Waals surface area contributed by atoms with Crippen LogP contribution in [0.5, 0.6) is 0 Å². The first-order valence-electron chi connectivity index (χ1n) is 13.4. The number of rotatable bonds is 12. The van der Waals surface area contributed by atoms with Gasteiger partial charge in [-0.05, 0) is 58.2 Å². The summed E-state index contributed by atoms with van der Waals surface area (Å²) in [5.74, 6) is -0.745. The Kier molecular flexibility index (Phi) is 12.1. The largest absolute Gasteiger partial charge is 0.444 e. The van der Waals surface area contributed by atoms with Gasteiger partial charge in [-0.2, -0.15) is 0 Å². The SMILES string of the molecule is CCCCCCCN(C(=O)C(C)NC(=O)OC(C)(C)C)C(C(=O)Nc1c(C)cccc1Cl)c1ccccc1. The van der Waals surface area contributed by atoms with E-state index in [9.17, 15) is 14.4 Å². The lowest BCUT2D eigenvalue weighted by Gasteiger charge is -2.34. The Morgan fingerprint density at radius 3 is 2.24 bits per heavy atom. The lowest BCUT2D eigenvalue weighted by atomic mass is 10.0. The number of halogens is 1. The third-order valence-corrected chi connectivity index (χ3v) is 6.35. The molecule has 0 aromatic heterocycles. The van der Waals surface area contributed by atoms with E-state index in [2.05, 4.69) is 17.6 Å². The van der Waals surface area contributed by atoms with Crippen molar-refractivity contribution in [1.82, 2.24) is 10.2 Å². The summed E-state index contributed by atoms with van der Waals surface area (Å²) in [5.41, 5.74) is 1.29. The van der Waals surface area contributed by atoms with Gasteiger partial charge in [0.2, 0.25) is 5.91 Å². The molecular formula is C30H42ClN3O4. The summed E-state index contributed by atoms with van der Waals surface area (Å²) in [7, 11) is 0. The minimum absolute atomic E-state index is 0.359. The normalized spacial score (nSPS) is 12.8. The molecule has 2 rings (SSSR count). The number of nitrogens with zero attached hydrogens (tertiary/aromatic N) is 1. The molecule has 2 atom stereocenters. The van der Waals surface area contributed by atoms with Crippen molar-refractivity contribution in [1.29, 1.82) is 0 Å². The van der Waals surface area contributed by atoms with Crippen molar-refractivity contribution in [2.75, 3.05) is 11.9 Å². The highest BCUT2D eigenvalue weighted by Crippen LogP contribution is 2.29. The number of aryl methyl sites for hydroxylation is 1. The third-order valence-electron chi connectivity index (χ3n) is 6.03. The van der Waals surface area contributed by atoms with Gasteiger partial charge in [0.15, 0.2) is 0 Å². The van der Waals surface area contributed by atoms with E-state index >= 15 is 0 Å². The zero-order valence-corrected chi connectivity index (χ0v) is 24.2. The third kappa shape index (κ3) is 9.67. The maximum atomic E-state index is 13.9. The number of carbonyl (C=O) groups excluding carboxylic acids is 3. The summed E-state index contributed by atoms with van der Waals surface area (Å²) < 4.78 is 5.35. The summed E-state index contributed by atoms with van der Waals surface area (Å²) in [5, 5.41) is 6.01. The topological polar surface area (TPSA) is 87.7 Å². The Morgan fingerprint density at radius 2 is 1.63 bits per heavy atom. The fourth-order valence-corrected chi connectivity index (χ4v) is 4.41. The molecule has 0 bridgehead atoms. The number of hydrogen-bond donors (Lipinski definition) is 2. The molecule has 0 saturated heterocycles. The number of ether oxygens (including phenoxy) is 1. The Morgan fingerprint density at radius 1 is 0.974 bits per heavy atom. The molecule has 2 aromatic carbocycles. The zero-order chi connectivity index (χ0) is 28.3. The molecular weight excluding hydrogens is 502 g/mol. The van der Waals surface area contributed by atoms with Crippen LogP contribution in [0, 0.1) is 6.92 Å². The molecule has 0 aliphatic heterocycles. The highest BCUT2D eigenvalue weighted by molar-refractivity contribution is 6.34. The van der Waals surface area contributed by atoms with E-state index in [0.29, 0.717) is 22.8 Å². The molecule has 0 heterocycles. The molecule has 0 radical (unpaired) electrons. The van der Waals surface area contributed by atoms with Crippen LogP contribution < -0.4 is 10.6 Å². The summed E-state index contributed by atoms with van der Waals surface area (Å²) in [6.45, 7) is 11.2. The van der Waals surface area contributed by atoms with Gasteiger partial charge in [-0.15, -0.1) is 0 Å². The van der Waals surface area contributed by atoms with Crippen molar-refractivity contribution in [3.63, 3.8) is 0 Å². The molecule has 2 N–H and O–H groups in total. The van der Waals surface area contributed by atoms with Crippen LogP contribution in [-0.4, -0.2) is 41.0 Å². The van der Waals surface area contributed by atoms with Gasteiger partial charge in [0.1, 0.15) is 17.7 Å². The van der Waals surface area contributed by atoms with Crippen LogP contribution in [0.2, 0.25) is 5.02 Å². The van der Waals surface area contributed by atoms with Crippen molar-refractivity contribution < 1.29 is 19.1 Å². The van der Waals surface area contributed by atoms with E-state index < -0.39 is 23.8 Å². The highest BCUT2D eigenvalue weighted by atomic mass is 35.5. The van der Waals surface area contributed by atoms with E-state index in [1.807, 2.05) is 49.4 Å². The standard InChI is InChI=1S/C30H42ClN3O4/c1-7-8-9-10-14-20-34(28(36)22(3)32-29(37)38-30(4,5)6)26(23-17-12-11-13-18-23)27(35)33-25-21(2)16-15-19-24(25)31/h11-13,15-19,22,26H,7-10,14,20H2,1-6H3,(H,32,37)(H,33,35). The fraction of sp³-hybridized carbons (Fsp3) is 0.500. The molecule has 0 aliphatic carbocycles. The van der Waals surface area contributed by atoms with Crippen LogP contribution in [0.3, 0.4) is 0 Å². The Labute approximate surface area is 232 Å². The maximum Gasteiger partial charge on any atom is 0.408 e. The Hall–Kier alpha value is -3.06. The monoisotopic (exact) mass is 543 g/mol. The van der Waals surface area contributed by atoms with Crippen LogP contribution in [0.4, 0.5) is 10.5 Å². The van der Waals surface area contributed by atoms with E-state index in [1.165, 1.54) is 0 Å². The average Bonchev–Trinajstić information content (AvgIpc) is 2.84. The van der Waals surface area contributed by atoms with Gasteiger partial charge >= 0.3 is 6.09 Å². The van der Waals surface area contributed by atoms with Crippen LogP contribution >= 0.6 is 11.6 Å². The van der Waals surface area contributed by atoms with Gasteiger partial charge in [0, 0.05) is 6.54 Å². The number of carbonyl (C=O) groups is 3. The van der Waals surface area contributed by atoms with Gasteiger partial charge in [0.05, 0.1) is 10.7 Å². The van der Waals surface area contributed by atoms with Gasteiger partial charge in [-0.1, -0.05) is 86.7 Å². The first-order valence-corrected chi connectivity index (χ1v) is 13.7. The van der Waals surface area contributed by atoms with E-state index in [1.54, 1.807) is 38.7 Å². The Bertz CT molecular complexity index is 1050. The minimum atomic E-state index is -0.923. The number of unbranched alkanes of at least 4 members (excludes halogenated alkanes) is 4. The maximum absolute atomic E-state index is 13.9. The van der Waals surface area contributed by atoms with Crippen molar-refractivity contribution in [3.05, 3.63) is 64.7 Å². The van der Waals surface area contributed by atoms with Gasteiger partial charge < -0.3 is 20.3 Å². The lowest BCUT2D eigenvalue weighted by molar-refractivity contribution is -0.140. The quantitative estimate of drug-likeness (QED) is 0.281. The first kappa shape index (κ1) is 31.2. The summed E-state index contributed by atoms with van der Waals surface area (Å²) in [6, 6.07) is 12.8. The summed E-state index contributed by atoms with van der Waals surface area (Å²) >= 11 is 6.40. The molecule has 0 spiro atoms. The lowest BCUT2D eigenvalue weighted by Crippen LogP contribution is -2.51. The number of nitrogens with one attached hydrogen (secondary N) is 2. The van der Waals surface area contributed by atoms with Crippen LogP contribution in [0.25, 0.3) is 0 Å². The second-order valence-corrected chi connectivity index (χ2v) is 11.0. The van der Waals surface area contributed by atoms with Gasteiger partial charge in [-0.25, -0.2) is 4.79 Å². The molecule has 38 heavy (non-hydrogen) atoms. The Balaban J connectivity index is 2.41. The van der Waals surface area contributed by atoms with Gasteiger partial charge in [-0.3, -0.25) is 9.59 Å². The van der Waals surface area contributed by atoms with Crippen LogP contribution in [0.15, 0.2) is 48.5 Å². The van der Waals surface area contributed by atoms with E-state index in [-0.39, 0.29) is 11.8 Å². The molecule has 2 aromatic rings. The van der Waals surface area contributed by atoms with Gasteiger partial charge in [0.25, 0.3) is 5.91 Å². The van der Waals surface area contributed by atoms with E-state index in [0.717, 1.165) is 37.7 Å². The second-order valence-electron chi connectivity index (χ2n) is 10.5. The molecule has 2 unspecified atom stereocenters. The molecule has 3 amide bonds. The summed E-state index contributed by atoms with van der Waals surface area (Å²) in [6.07, 6.45) is 4.23. The average molecular weight is 544 g/mol. The molecule has 0 saturated carbocycles. The second kappa shape index (κ2) is 14.8. The number of amides is 3. The highest BCUT2D eigenvalue weighted by Gasteiger charge is 2.34. The van der Waals surface area contributed by atoms with E-state index in [4.69, 9.17) is 16.3 Å². The molecule has 8 heteroatoms. The van der Waals surface area contributed by atoms with Crippen molar-refractivity contribution >= 4 is 35.2 Å². The van der Waals surface area contributed by atoms with Crippen molar-refractivity contribution in [2.24, 2.45) is 0 Å². The van der Waals surface area contributed by atoms with Crippen LogP contribution in [-0.2, 0) is 14.3 Å². The minimum Gasteiger partial charge on any atom is -0.444 e. The number of anilines is 1. The summed E-state index contributed by atoms with van der Waals surface area (Å²) in [4.78, 5) is 41.7. The molecule has 7 nitrogen and oxygen atoms in total. The smallest absolute Gasteiger partial charge is 0.408 e. The zero-order valence-electron chi connectivity index (χ0n) is 23.5. The van der Waals surface area contributed by atoms with Crippen LogP contribution in [0.1, 0.15) is 83.9 Å². The number of alkyl carbamates (subject to hydrolysis) is 1. The predicted molar refractivity (Wildman–Crippen MR) is 153 cm³/mol. The molecule has 0 fully saturated rings. The van der Waals surface area contributed by atoms with Crippen molar-refractivity contribution in [3.8, 4) is 0 Å². The fourth-order valence-electron chi connectivity index (χ4n) is 4.14. The predicted octanol–water partition coefficient (Wildman–Crippen LogP) is 7.04. The number of benzene rings is 2. The number of hydrogen-bond acceptors (Lipinski definition) is 4. The first-order chi connectivity index (χ1) is 17.9. The molecule has 208 valence electrons. The molecule has 0 aliphatic rings.